The van der Waals surface area contributed by atoms with Gasteiger partial charge in [0.25, 0.3) is 24.1 Å². The minimum Gasteiger partial charge on any atom is -0.396 e. The summed E-state index contributed by atoms with van der Waals surface area (Å²) in [6.07, 6.45) is 2.11. The zero-order chi connectivity index (χ0) is 12.6. The maximum Gasteiger partial charge on any atom is 0.333 e. The molecule has 2 aliphatic heterocycles. The van der Waals surface area contributed by atoms with Crippen molar-refractivity contribution in [2.24, 2.45) is 4.99 Å². The Morgan fingerprint density at radius 2 is 2.12 bits per heavy atom. The number of carbonyl (C=O) groups is 2. The number of aliphatic hydroxyl groups is 1. The number of likely N-dealkylation sites (N-methyl/N-ethyl adjacent to an activating group) is 2. The van der Waals surface area contributed by atoms with Crippen LogP contribution >= 0.6 is 0 Å². The highest BCUT2D eigenvalue weighted by atomic mass is 16.3. The van der Waals surface area contributed by atoms with E-state index in [1.807, 2.05) is 0 Å². The van der Waals surface area contributed by atoms with Crippen LogP contribution in [0.1, 0.15) is 6.42 Å². The van der Waals surface area contributed by atoms with Gasteiger partial charge in [-0.3, -0.25) is 14.6 Å². The fraction of sp³-hybridized carbons (Fsp3) is 0.600. The minimum absolute atomic E-state index is 0.0607. The molecule has 2 rings (SSSR count). The number of rotatable bonds is 3. The Bertz CT molecular complexity index is 429. The second kappa shape index (κ2) is 4.25. The molecule has 1 unspecified atom stereocenters. The van der Waals surface area contributed by atoms with Crippen molar-refractivity contribution >= 4 is 24.1 Å². The van der Waals surface area contributed by atoms with E-state index < -0.39 is 6.04 Å². The lowest BCUT2D eigenvalue weighted by molar-refractivity contribution is -0.531. The van der Waals surface area contributed by atoms with Crippen LogP contribution in [0.2, 0.25) is 0 Å². The van der Waals surface area contributed by atoms with Crippen LogP contribution in [0.4, 0.5) is 4.79 Å². The van der Waals surface area contributed by atoms with E-state index in [0.29, 0.717) is 18.8 Å². The van der Waals surface area contributed by atoms with Gasteiger partial charge >= 0.3 is 6.03 Å². The molecule has 1 saturated heterocycles. The number of fused-ring (bicyclic) bond motifs is 1. The first-order chi connectivity index (χ1) is 8.07. The molecular formula is C10H15N4O3+. The number of nitrogens with zero attached hydrogens (tertiary/aromatic N) is 4. The lowest BCUT2D eigenvalue weighted by Crippen LogP contribution is -2.61. The van der Waals surface area contributed by atoms with Crippen LogP contribution in [-0.2, 0) is 4.79 Å². The van der Waals surface area contributed by atoms with E-state index in [1.54, 1.807) is 18.0 Å². The summed E-state index contributed by atoms with van der Waals surface area (Å²) < 4.78 is 1.74. The van der Waals surface area contributed by atoms with E-state index >= 15 is 0 Å². The SMILES string of the molecule is CN1C(=O)C2C(=NC=[N+]2CCCO)N(C)C1=O. The topological polar surface area (TPSA) is 76.2 Å². The lowest BCUT2D eigenvalue weighted by atomic mass is 10.1. The molecule has 3 amide bonds. The molecule has 17 heavy (non-hydrogen) atoms. The summed E-state index contributed by atoms with van der Waals surface area (Å²) in [5.41, 5.74) is 0. The maximum absolute atomic E-state index is 12.0. The van der Waals surface area contributed by atoms with Gasteiger partial charge in [-0.25, -0.2) is 9.37 Å². The van der Waals surface area contributed by atoms with Crippen LogP contribution in [0.25, 0.3) is 0 Å². The molecule has 1 atom stereocenters. The Morgan fingerprint density at radius 3 is 2.76 bits per heavy atom. The monoisotopic (exact) mass is 239 g/mol. The highest BCUT2D eigenvalue weighted by Gasteiger charge is 2.50. The third kappa shape index (κ3) is 1.72. The first-order valence-electron chi connectivity index (χ1n) is 5.41. The summed E-state index contributed by atoms with van der Waals surface area (Å²) in [6.45, 7) is 0.598. The van der Waals surface area contributed by atoms with Crippen molar-refractivity contribution in [3.63, 3.8) is 0 Å². The van der Waals surface area contributed by atoms with Gasteiger partial charge in [-0.05, 0) is 4.99 Å². The zero-order valence-electron chi connectivity index (χ0n) is 9.83. The van der Waals surface area contributed by atoms with Gasteiger partial charge in [0, 0.05) is 27.1 Å². The average Bonchev–Trinajstić information content (AvgIpc) is 2.75. The third-order valence-corrected chi connectivity index (χ3v) is 2.97. The second-order valence-corrected chi connectivity index (χ2v) is 4.06. The third-order valence-electron chi connectivity index (χ3n) is 2.97. The van der Waals surface area contributed by atoms with E-state index in [-0.39, 0.29) is 18.5 Å². The Kier molecular flexibility index (Phi) is 2.93. The van der Waals surface area contributed by atoms with Crippen molar-refractivity contribution in [3.8, 4) is 0 Å². The molecule has 2 heterocycles. The highest BCUT2D eigenvalue weighted by molar-refractivity contribution is 6.21. The molecular weight excluding hydrogens is 224 g/mol. The van der Waals surface area contributed by atoms with E-state index in [4.69, 9.17) is 5.11 Å². The van der Waals surface area contributed by atoms with Crippen molar-refractivity contribution in [2.45, 2.75) is 12.5 Å². The lowest BCUT2D eigenvalue weighted by Gasteiger charge is -2.30. The van der Waals surface area contributed by atoms with Gasteiger partial charge in [0.15, 0.2) is 0 Å². The number of aliphatic hydroxyl groups excluding tert-OH is 1. The summed E-state index contributed by atoms with van der Waals surface area (Å²) in [5.74, 6) is 0.176. The Labute approximate surface area is 98.6 Å². The first-order valence-corrected chi connectivity index (χ1v) is 5.41. The quantitative estimate of drug-likeness (QED) is 0.623. The van der Waals surface area contributed by atoms with Crippen molar-refractivity contribution in [3.05, 3.63) is 0 Å². The predicted octanol–water partition coefficient (Wildman–Crippen LogP) is -1.29. The van der Waals surface area contributed by atoms with Crippen LogP contribution < -0.4 is 0 Å². The molecule has 2 aliphatic rings. The fourth-order valence-corrected chi connectivity index (χ4v) is 1.98. The van der Waals surface area contributed by atoms with E-state index in [0.717, 1.165) is 4.90 Å². The molecule has 0 bridgehead atoms. The molecule has 7 heteroatoms. The Hall–Kier alpha value is -1.76. The molecule has 0 aliphatic carbocycles. The summed E-state index contributed by atoms with van der Waals surface area (Å²) in [6, 6.07) is -0.906. The minimum atomic E-state index is -0.533. The number of hydrogen-bond acceptors (Lipinski definition) is 4. The van der Waals surface area contributed by atoms with Crippen LogP contribution in [0.5, 0.6) is 0 Å². The number of amides is 3. The number of imide groups is 1. The van der Waals surface area contributed by atoms with Crippen molar-refractivity contribution in [2.75, 3.05) is 27.2 Å². The van der Waals surface area contributed by atoms with Crippen LogP contribution in [-0.4, -0.2) is 76.9 Å². The standard InChI is InChI=1S/C10H15N4O3/c1-12-8-7(9(16)13(2)10(12)17)14(6-11-8)4-3-5-15/h6-7,15H,3-5H2,1-2H3/q+1. The van der Waals surface area contributed by atoms with Crippen LogP contribution in [0.15, 0.2) is 4.99 Å². The van der Waals surface area contributed by atoms with Crippen LogP contribution in [0, 0.1) is 0 Å². The average molecular weight is 239 g/mol. The summed E-state index contributed by atoms with van der Waals surface area (Å²) in [5, 5.41) is 8.80. The number of aliphatic imine (C=N–C) groups is 1. The van der Waals surface area contributed by atoms with Gasteiger partial charge in [0.05, 0.1) is 6.54 Å². The molecule has 92 valence electrons. The largest absolute Gasteiger partial charge is 0.396 e. The van der Waals surface area contributed by atoms with Crippen molar-refractivity contribution in [1.29, 1.82) is 0 Å². The van der Waals surface area contributed by atoms with Crippen LogP contribution in [0.3, 0.4) is 0 Å². The molecule has 0 radical (unpaired) electrons. The van der Waals surface area contributed by atoms with Gasteiger partial charge in [0.1, 0.15) is 0 Å². The van der Waals surface area contributed by atoms with Gasteiger partial charge < -0.3 is 5.11 Å². The van der Waals surface area contributed by atoms with Gasteiger partial charge in [-0.2, -0.15) is 0 Å². The molecule has 0 aromatic heterocycles. The summed E-state index contributed by atoms with van der Waals surface area (Å²) in [4.78, 5) is 30.3. The maximum atomic E-state index is 12.0. The van der Waals surface area contributed by atoms with Crippen molar-refractivity contribution < 1.29 is 19.3 Å². The van der Waals surface area contributed by atoms with Crippen molar-refractivity contribution in [1.82, 2.24) is 9.80 Å². The highest BCUT2D eigenvalue weighted by Crippen LogP contribution is 2.16. The molecule has 0 aromatic rings. The van der Waals surface area contributed by atoms with E-state index in [9.17, 15) is 9.59 Å². The Balaban J connectivity index is 2.23. The summed E-state index contributed by atoms with van der Waals surface area (Å²) in [7, 11) is 3.06. The normalized spacial score (nSPS) is 23.8. The fourth-order valence-electron chi connectivity index (χ4n) is 1.98. The molecule has 7 nitrogen and oxygen atoms in total. The number of carbonyl (C=O) groups excluding carboxylic acids is 2. The number of urea groups is 1. The molecule has 0 spiro atoms. The smallest absolute Gasteiger partial charge is 0.333 e. The molecule has 1 fully saturated rings. The predicted molar refractivity (Wildman–Crippen MR) is 60.0 cm³/mol. The molecule has 0 saturated carbocycles. The number of amidine groups is 1. The van der Waals surface area contributed by atoms with Gasteiger partial charge in [-0.15, -0.1) is 0 Å². The second-order valence-electron chi connectivity index (χ2n) is 4.06. The van der Waals surface area contributed by atoms with E-state index in [2.05, 4.69) is 4.99 Å². The summed E-state index contributed by atoms with van der Waals surface area (Å²) >= 11 is 0. The Morgan fingerprint density at radius 1 is 1.41 bits per heavy atom. The number of hydrogen-bond donors (Lipinski definition) is 1. The zero-order valence-corrected chi connectivity index (χ0v) is 9.83. The van der Waals surface area contributed by atoms with Gasteiger partial charge in [0.2, 0.25) is 0 Å². The molecule has 1 N–H and O–H groups in total. The first kappa shape index (κ1) is 11.7. The van der Waals surface area contributed by atoms with E-state index in [1.165, 1.54) is 11.9 Å². The molecule has 0 aromatic carbocycles. The van der Waals surface area contributed by atoms with Gasteiger partial charge in [-0.1, -0.05) is 0 Å².